The van der Waals surface area contributed by atoms with Gasteiger partial charge in [0.15, 0.2) is 0 Å². The zero-order chi connectivity index (χ0) is 15.8. The van der Waals surface area contributed by atoms with Crippen LogP contribution in [0.15, 0.2) is 54.6 Å². The molecular weight excluding hydrogens is 282 g/mol. The lowest BCUT2D eigenvalue weighted by Gasteiger charge is -2.23. The average molecular weight is 301 g/mol. The van der Waals surface area contributed by atoms with Crippen LogP contribution in [0.3, 0.4) is 0 Å². The van der Waals surface area contributed by atoms with Crippen LogP contribution in [0, 0.1) is 0 Å². The molecule has 0 aliphatic heterocycles. The average Bonchev–Trinajstić information content (AvgIpc) is 2.58. The topological polar surface area (TPSA) is 59.0 Å². The van der Waals surface area contributed by atoms with Crippen LogP contribution in [-0.2, 0) is 11.3 Å². The van der Waals surface area contributed by atoms with Gasteiger partial charge in [-0.05, 0) is 17.7 Å². The van der Waals surface area contributed by atoms with Crippen LogP contribution < -0.4 is 9.64 Å². The van der Waals surface area contributed by atoms with E-state index in [2.05, 4.69) is 0 Å². The highest BCUT2D eigenvalue weighted by molar-refractivity contribution is 5.89. The highest BCUT2D eigenvalue weighted by atomic mass is 16.6. The third-order valence-corrected chi connectivity index (χ3v) is 3.13. The van der Waals surface area contributed by atoms with Crippen LogP contribution in [0.2, 0.25) is 0 Å². The molecule has 2 rings (SSSR count). The Morgan fingerprint density at radius 1 is 1.09 bits per heavy atom. The van der Waals surface area contributed by atoms with Gasteiger partial charge in [0.05, 0.1) is 25.9 Å². The summed E-state index contributed by atoms with van der Waals surface area (Å²) in [5.74, 6) is 0.549. The zero-order valence-corrected chi connectivity index (χ0v) is 12.4. The molecule has 0 aliphatic rings. The third-order valence-electron chi connectivity index (χ3n) is 3.13. The minimum atomic E-state index is -0.526. The van der Waals surface area contributed by atoms with Crippen molar-refractivity contribution in [2.24, 2.45) is 0 Å². The quantitative estimate of drug-likeness (QED) is 0.891. The molecule has 0 atom stereocenters. The number of methoxy groups -OCH3 is 1. The molecule has 0 fully saturated rings. The summed E-state index contributed by atoms with van der Waals surface area (Å²) in [5.41, 5.74) is 1.47. The molecule has 1 amide bonds. The van der Waals surface area contributed by atoms with Crippen LogP contribution in [0.1, 0.15) is 5.56 Å². The Kier molecular flexibility index (Phi) is 5.80. The predicted molar refractivity (Wildman–Crippen MR) is 84.1 cm³/mol. The Balaban J connectivity index is 2.11. The summed E-state index contributed by atoms with van der Waals surface area (Å²) in [4.78, 5) is 13.7. The van der Waals surface area contributed by atoms with Crippen LogP contribution in [0.25, 0.3) is 0 Å². The Morgan fingerprint density at radius 3 is 2.45 bits per heavy atom. The fourth-order valence-corrected chi connectivity index (χ4v) is 2.06. The van der Waals surface area contributed by atoms with E-state index in [0.29, 0.717) is 11.4 Å². The van der Waals surface area contributed by atoms with E-state index in [4.69, 9.17) is 9.47 Å². The van der Waals surface area contributed by atoms with Crippen molar-refractivity contribution in [2.75, 3.05) is 25.2 Å². The number of amides is 1. The number of hydrogen-bond donors (Lipinski definition) is 1. The Labute approximate surface area is 129 Å². The van der Waals surface area contributed by atoms with Gasteiger partial charge in [-0.1, -0.05) is 42.5 Å². The summed E-state index contributed by atoms with van der Waals surface area (Å²) in [6.45, 7) is 0.142. The molecule has 2 aromatic rings. The number of aliphatic hydroxyl groups excluding tert-OH is 1. The number of aliphatic hydroxyl groups is 1. The fraction of sp³-hybridized carbons (Fsp3) is 0.235. The molecule has 5 heteroatoms. The number of carbonyl (C=O) groups excluding carboxylic acids is 1. The first-order valence-electron chi connectivity index (χ1n) is 6.98. The van der Waals surface area contributed by atoms with Gasteiger partial charge in [-0.3, -0.25) is 4.90 Å². The van der Waals surface area contributed by atoms with Crippen LogP contribution in [0.5, 0.6) is 5.75 Å². The summed E-state index contributed by atoms with van der Waals surface area (Å²) < 4.78 is 10.6. The first-order valence-corrected chi connectivity index (χ1v) is 6.98. The standard InChI is InChI=1S/C17H19NO4/c1-21-16-10-6-5-9-15(16)18(11-12-19)17(20)22-13-14-7-3-2-4-8-14/h2-10,19H,11-13H2,1H3. The molecule has 5 nitrogen and oxygen atoms in total. The van der Waals surface area contributed by atoms with Gasteiger partial charge in [-0.15, -0.1) is 0 Å². The number of carbonyl (C=O) groups is 1. The van der Waals surface area contributed by atoms with Gasteiger partial charge in [0, 0.05) is 0 Å². The smallest absolute Gasteiger partial charge is 0.414 e. The lowest BCUT2D eigenvalue weighted by Crippen LogP contribution is -2.34. The van der Waals surface area contributed by atoms with Crippen molar-refractivity contribution >= 4 is 11.8 Å². The summed E-state index contributed by atoms with van der Waals surface area (Å²) in [6.07, 6.45) is -0.526. The molecule has 0 unspecified atom stereocenters. The van der Waals surface area contributed by atoms with Crippen LogP contribution in [-0.4, -0.2) is 31.5 Å². The van der Waals surface area contributed by atoms with E-state index in [1.807, 2.05) is 36.4 Å². The number of rotatable bonds is 6. The van der Waals surface area contributed by atoms with Crippen molar-refractivity contribution in [3.63, 3.8) is 0 Å². The van der Waals surface area contributed by atoms with Crippen LogP contribution >= 0.6 is 0 Å². The summed E-state index contributed by atoms with van der Waals surface area (Å²) in [7, 11) is 1.53. The second-order valence-corrected chi connectivity index (χ2v) is 4.59. The molecule has 116 valence electrons. The largest absolute Gasteiger partial charge is 0.495 e. The SMILES string of the molecule is COc1ccccc1N(CCO)C(=O)OCc1ccccc1. The molecule has 0 heterocycles. The van der Waals surface area contributed by atoms with E-state index in [1.54, 1.807) is 18.2 Å². The van der Waals surface area contributed by atoms with Crippen molar-refractivity contribution < 1.29 is 19.4 Å². The lowest BCUT2D eigenvalue weighted by atomic mass is 10.2. The third kappa shape index (κ3) is 3.99. The molecule has 0 aromatic heterocycles. The van der Waals surface area contributed by atoms with E-state index in [-0.39, 0.29) is 19.8 Å². The number of hydrogen-bond acceptors (Lipinski definition) is 4. The molecule has 0 bridgehead atoms. The molecule has 0 saturated carbocycles. The molecule has 0 radical (unpaired) electrons. The van der Waals surface area contributed by atoms with Crippen LogP contribution in [0.4, 0.5) is 10.5 Å². The Bertz CT molecular complexity index is 601. The molecule has 0 aliphatic carbocycles. The monoisotopic (exact) mass is 301 g/mol. The minimum absolute atomic E-state index is 0.133. The van der Waals surface area contributed by atoms with Crippen molar-refractivity contribution in [1.29, 1.82) is 0 Å². The van der Waals surface area contributed by atoms with E-state index in [0.717, 1.165) is 5.56 Å². The second-order valence-electron chi connectivity index (χ2n) is 4.59. The molecule has 1 N–H and O–H groups in total. The van der Waals surface area contributed by atoms with Crippen molar-refractivity contribution in [1.82, 2.24) is 0 Å². The molecule has 2 aromatic carbocycles. The second kappa shape index (κ2) is 8.05. The van der Waals surface area contributed by atoms with Gasteiger partial charge in [0.2, 0.25) is 0 Å². The van der Waals surface area contributed by atoms with Gasteiger partial charge < -0.3 is 14.6 Å². The molecular formula is C17H19NO4. The predicted octanol–water partition coefficient (Wildman–Crippen LogP) is 2.83. The Morgan fingerprint density at radius 2 is 1.77 bits per heavy atom. The normalized spacial score (nSPS) is 10.1. The Hall–Kier alpha value is -2.53. The minimum Gasteiger partial charge on any atom is -0.495 e. The van der Waals surface area contributed by atoms with Gasteiger partial charge in [-0.2, -0.15) is 0 Å². The molecule has 22 heavy (non-hydrogen) atoms. The maximum absolute atomic E-state index is 12.3. The maximum atomic E-state index is 12.3. The van der Waals surface area contributed by atoms with Crippen molar-refractivity contribution in [3.8, 4) is 5.75 Å². The first kappa shape index (κ1) is 15.9. The maximum Gasteiger partial charge on any atom is 0.414 e. The van der Waals surface area contributed by atoms with Gasteiger partial charge in [0.25, 0.3) is 0 Å². The van der Waals surface area contributed by atoms with Crippen molar-refractivity contribution in [3.05, 3.63) is 60.2 Å². The summed E-state index contributed by atoms with van der Waals surface area (Å²) >= 11 is 0. The van der Waals surface area contributed by atoms with Gasteiger partial charge in [0.1, 0.15) is 12.4 Å². The molecule has 0 saturated heterocycles. The number of para-hydroxylation sites is 2. The van der Waals surface area contributed by atoms with E-state index < -0.39 is 6.09 Å². The van der Waals surface area contributed by atoms with E-state index in [1.165, 1.54) is 12.0 Å². The lowest BCUT2D eigenvalue weighted by molar-refractivity contribution is 0.145. The van der Waals surface area contributed by atoms with Gasteiger partial charge in [-0.25, -0.2) is 4.79 Å². The molecule has 0 spiro atoms. The highest BCUT2D eigenvalue weighted by Crippen LogP contribution is 2.28. The van der Waals surface area contributed by atoms with Crippen molar-refractivity contribution in [2.45, 2.75) is 6.61 Å². The first-order chi connectivity index (χ1) is 10.8. The fourth-order valence-electron chi connectivity index (χ4n) is 2.06. The number of anilines is 1. The number of benzene rings is 2. The summed E-state index contributed by atoms with van der Waals surface area (Å²) in [5, 5.41) is 9.21. The van der Waals surface area contributed by atoms with Gasteiger partial charge >= 0.3 is 6.09 Å². The number of ether oxygens (including phenoxy) is 2. The zero-order valence-electron chi connectivity index (χ0n) is 12.4. The highest BCUT2D eigenvalue weighted by Gasteiger charge is 2.20. The number of nitrogens with zero attached hydrogens (tertiary/aromatic N) is 1. The summed E-state index contributed by atoms with van der Waals surface area (Å²) in [6, 6.07) is 16.5. The van der Waals surface area contributed by atoms with E-state index in [9.17, 15) is 9.90 Å². The van der Waals surface area contributed by atoms with E-state index >= 15 is 0 Å².